The SMILES string of the molecule is CC(C)(C)OC(=O)NC(C=O)c1ccccc1. The highest BCUT2D eigenvalue weighted by Crippen LogP contribution is 2.12. The monoisotopic (exact) mass is 235 g/mol. The fourth-order valence-corrected chi connectivity index (χ4v) is 1.29. The minimum atomic E-state index is -0.675. The van der Waals surface area contributed by atoms with Gasteiger partial charge in [-0.2, -0.15) is 0 Å². The first-order valence-electron chi connectivity index (χ1n) is 5.42. The molecule has 0 aliphatic carbocycles. The number of alkyl carbamates (subject to hydrolysis) is 1. The van der Waals surface area contributed by atoms with E-state index in [4.69, 9.17) is 4.74 Å². The second-order valence-corrected chi connectivity index (χ2v) is 4.67. The fraction of sp³-hybridized carbons (Fsp3) is 0.385. The molecule has 1 unspecified atom stereocenters. The van der Waals surface area contributed by atoms with Gasteiger partial charge in [-0.25, -0.2) is 4.79 Å². The van der Waals surface area contributed by atoms with Crippen LogP contribution in [0.15, 0.2) is 30.3 Å². The highest BCUT2D eigenvalue weighted by Gasteiger charge is 2.19. The molecule has 0 radical (unpaired) electrons. The molecule has 0 saturated heterocycles. The summed E-state index contributed by atoms with van der Waals surface area (Å²) in [6.07, 6.45) is 0.0812. The number of rotatable bonds is 3. The Hall–Kier alpha value is -1.84. The molecule has 0 aromatic heterocycles. The zero-order valence-electron chi connectivity index (χ0n) is 10.3. The van der Waals surface area contributed by atoms with Gasteiger partial charge in [0.1, 0.15) is 17.9 Å². The Labute approximate surface area is 101 Å². The molecule has 1 amide bonds. The largest absolute Gasteiger partial charge is 0.444 e. The number of benzene rings is 1. The Morgan fingerprint density at radius 1 is 1.29 bits per heavy atom. The Balaban J connectivity index is 2.66. The molecule has 1 rings (SSSR count). The van der Waals surface area contributed by atoms with Crippen LogP contribution in [0.1, 0.15) is 32.4 Å². The van der Waals surface area contributed by atoms with Crippen molar-refractivity contribution in [3.05, 3.63) is 35.9 Å². The maximum Gasteiger partial charge on any atom is 0.408 e. The molecule has 0 heterocycles. The fourth-order valence-electron chi connectivity index (χ4n) is 1.29. The highest BCUT2D eigenvalue weighted by atomic mass is 16.6. The normalized spacial score (nSPS) is 12.6. The van der Waals surface area contributed by atoms with Gasteiger partial charge in [0.15, 0.2) is 0 Å². The van der Waals surface area contributed by atoms with E-state index < -0.39 is 17.7 Å². The van der Waals surface area contributed by atoms with Crippen molar-refractivity contribution in [1.82, 2.24) is 5.32 Å². The standard InChI is InChI=1S/C13H17NO3/c1-13(2,3)17-12(16)14-11(9-15)10-7-5-4-6-8-10/h4-9,11H,1-3H3,(H,14,16). The molecule has 0 fully saturated rings. The first-order chi connectivity index (χ1) is 7.92. The summed E-state index contributed by atoms with van der Waals surface area (Å²) < 4.78 is 5.08. The van der Waals surface area contributed by atoms with E-state index in [0.29, 0.717) is 6.29 Å². The third-order valence-electron chi connectivity index (χ3n) is 1.97. The van der Waals surface area contributed by atoms with Crippen molar-refractivity contribution in [2.75, 3.05) is 0 Å². The third-order valence-corrected chi connectivity index (χ3v) is 1.97. The minimum Gasteiger partial charge on any atom is -0.444 e. The topological polar surface area (TPSA) is 55.4 Å². The molecule has 1 aromatic carbocycles. The Morgan fingerprint density at radius 3 is 2.35 bits per heavy atom. The number of ether oxygens (including phenoxy) is 1. The van der Waals surface area contributed by atoms with Crippen LogP contribution in [-0.4, -0.2) is 18.0 Å². The molecule has 4 nitrogen and oxygen atoms in total. The van der Waals surface area contributed by atoms with Gasteiger partial charge in [-0.1, -0.05) is 30.3 Å². The van der Waals surface area contributed by atoms with Gasteiger partial charge in [0.25, 0.3) is 0 Å². The lowest BCUT2D eigenvalue weighted by atomic mass is 10.1. The third kappa shape index (κ3) is 4.68. The second-order valence-electron chi connectivity index (χ2n) is 4.67. The summed E-state index contributed by atoms with van der Waals surface area (Å²) in [4.78, 5) is 22.4. The molecule has 1 atom stereocenters. The summed E-state index contributed by atoms with van der Waals surface area (Å²) in [5, 5.41) is 2.51. The summed E-state index contributed by atoms with van der Waals surface area (Å²) in [5.41, 5.74) is 0.155. The molecule has 0 aliphatic heterocycles. The van der Waals surface area contributed by atoms with Crippen LogP contribution < -0.4 is 5.32 Å². The van der Waals surface area contributed by atoms with Gasteiger partial charge in [0.2, 0.25) is 0 Å². The van der Waals surface area contributed by atoms with Gasteiger partial charge in [-0.05, 0) is 26.3 Å². The van der Waals surface area contributed by atoms with E-state index in [0.717, 1.165) is 5.56 Å². The lowest BCUT2D eigenvalue weighted by molar-refractivity contribution is -0.109. The van der Waals surface area contributed by atoms with Gasteiger partial charge in [0, 0.05) is 0 Å². The number of aldehydes is 1. The molecule has 0 saturated carbocycles. The summed E-state index contributed by atoms with van der Waals surface area (Å²) >= 11 is 0. The van der Waals surface area contributed by atoms with Gasteiger partial charge < -0.3 is 14.8 Å². The zero-order chi connectivity index (χ0) is 12.9. The number of carbonyl (C=O) groups is 2. The lowest BCUT2D eigenvalue weighted by Gasteiger charge is -2.21. The van der Waals surface area contributed by atoms with Crippen molar-refractivity contribution in [3.8, 4) is 0 Å². The van der Waals surface area contributed by atoms with Crippen molar-refractivity contribution in [2.45, 2.75) is 32.4 Å². The first kappa shape index (κ1) is 13.2. The average Bonchev–Trinajstić information content (AvgIpc) is 2.24. The van der Waals surface area contributed by atoms with Crippen LogP contribution in [-0.2, 0) is 9.53 Å². The number of carbonyl (C=O) groups excluding carboxylic acids is 2. The smallest absolute Gasteiger partial charge is 0.408 e. The van der Waals surface area contributed by atoms with E-state index in [-0.39, 0.29) is 0 Å². The molecule has 17 heavy (non-hydrogen) atoms. The molecular formula is C13H17NO3. The van der Waals surface area contributed by atoms with Crippen LogP contribution in [0.4, 0.5) is 4.79 Å². The highest BCUT2D eigenvalue weighted by molar-refractivity contribution is 5.74. The van der Waals surface area contributed by atoms with Gasteiger partial charge in [-0.3, -0.25) is 0 Å². The van der Waals surface area contributed by atoms with Crippen LogP contribution in [0.5, 0.6) is 0 Å². The van der Waals surface area contributed by atoms with Crippen molar-refractivity contribution >= 4 is 12.4 Å². The molecule has 0 bridgehead atoms. The summed E-state index contributed by atoms with van der Waals surface area (Å²) in [6.45, 7) is 5.31. The van der Waals surface area contributed by atoms with Crippen LogP contribution in [0.3, 0.4) is 0 Å². The molecule has 92 valence electrons. The van der Waals surface area contributed by atoms with E-state index in [2.05, 4.69) is 5.32 Å². The predicted octanol–water partition coefficient (Wildman–Crippen LogP) is 2.45. The minimum absolute atomic E-state index is 0.575. The van der Waals surface area contributed by atoms with Gasteiger partial charge in [0.05, 0.1) is 0 Å². The molecular weight excluding hydrogens is 218 g/mol. The second kappa shape index (κ2) is 5.48. The van der Waals surface area contributed by atoms with Crippen molar-refractivity contribution in [1.29, 1.82) is 0 Å². The van der Waals surface area contributed by atoms with Crippen molar-refractivity contribution in [3.63, 3.8) is 0 Å². The zero-order valence-corrected chi connectivity index (χ0v) is 10.3. The van der Waals surface area contributed by atoms with Gasteiger partial charge in [-0.15, -0.1) is 0 Å². The Kier molecular flexibility index (Phi) is 4.26. The van der Waals surface area contributed by atoms with Crippen LogP contribution in [0.2, 0.25) is 0 Å². The van der Waals surface area contributed by atoms with Crippen LogP contribution in [0, 0.1) is 0 Å². The van der Waals surface area contributed by atoms with E-state index in [1.807, 2.05) is 18.2 Å². The number of nitrogens with one attached hydrogen (secondary N) is 1. The average molecular weight is 235 g/mol. The molecule has 0 spiro atoms. The molecule has 1 N–H and O–H groups in total. The number of hydrogen-bond acceptors (Lipinski definition) is 3. The maximum atomic E-state index is 11.5. The van der Waals surface area contributed by atoms with Crippen LogP contribution >= 0.6 is 0 Å². The van der Waals surface area contributed by atoms with Crippen LogP contribution in [0.25, 0.3) is 0 Å². The first-order valence-corrected chi connectivity index (χ1v) is 5.42. The van der Waals surface area contributed by atoms with E-state index in [1.165, 1.54) is 0 Å². The number of amides is 1. The Bertz CT molecular complexity index is 381. The summed E-state index contributed by atoms with van der Waals surface area (Å²) in [7, 11) is 0. The van der Waals surface area contributed by atoms with Crippen molar-refractivity contribution in [2.24, 2.45) is 0 Å². The van der Waals surface area contributed by atoms with E-state index in [9.17, 15) is 9.59 Å². The lowest BCUT2D eigenvalue weighted by Crippen LogP contribution is -2.35. The quantitative estimate of drug-likeness (QED) is 0.819. The summed E-state index contributed by atoms with van der Waals surface area (Å²) in [5.74, 6) is 0. The van der Waals surface area contributed by atoms with E-state index >= 15 is 0 Å². The molecule has 4 heteroatoms. The van der Waals surface area contributed by atoms with Gasteiger partial charge >= 0.3 is 6.09 Å². The van der Waals surface area contributed by atoms with E-state index in [1.54, 1.807) is 32.9 Å². The predicted molar refractivity (Wildman–Crippen MR) is 64.6 cm³/mol. The number of hydrogen-bond donors (Lipinski definition) is 1. The molecule has 1 aromatic rings. The van der Waals surface area contributed by atoms with Crippen molar-refractivity contribution < 1.29 is 14.3 Å². The summed E-state index contributed by atoms with van der Waals surface area (Å²) in [6, 6.07) is 8.34. The molecule has 0 aliphatic rings. The Morgan fingerprint density at radius 2 is 1.88 bits per heavy atom. The maximum absolute atomic E-state index is 11.5.